The number of piperidine rings is 1. The van der Waals surface area contributed by atoms with Gasteiger partial charge in [0.15, 0.2) is 6.17 Å². The molecule has 0 radical (unpaired) electrons. The molecular weight excluding hydrogens is 1130 g/mol. The number of likely N-dealkylation sites (tertiary alicyclic amines) is 1. The number of pyridine rings is 2. The Hall–Kier alpha value is -9.83. The van der Waals surface area contributed by atoms with Gasteiger partial charge in [0, 0.05) is 78.5 Å². The zero-order valence-electron chi connectivity index (χ0n) is 46.6. The Morgan fingerprint density at radius 3 is 1.75 bits per heavy atom. The number of nitrogens with zero attached hydrogens (tertiary/aromatic N) is 7. The molecule has 448 valence electrons. The molecule has 4 aromatic carbocycles. The lowest BCUT2D eigenvalue weighted by molar-refractivity contribution is -0.138. The zero-order chi connectivity index (χ0) is 61.9. The molecule has 2 saturated heterocycles. The Labute approximate surface area is 496 Å². The number of anilines is 4. The first-order valence-electron chi connectivity index (χ1n) is 28.0. The third-order valence-electron chi connectivity index (χ3n) is 14.9. The molecular formula is C63H58F5N11O8. The number of aliphatic hydroxyl groups is 2. The van der Waals surface area contributed by atoms with E-state index in [0.717, 1.165) is 61.2 Å². The number of halogens is 5. The molecule has 5 amide bonds. The molecule has 3 aliphatic carbocycles. The number of aromatic nitrogens is 2. The highest BCUT2D eigenvalue weighted by Gasteiger charge is 2.44. The van der Waals surface area contributed by atoms with Gasteiger partial charge >= 0.3 is 6.18 Å². The van der Waals surface area contributed by atoms with Crippen molar-refractivity contribution in [3.63, 3.8) is 0 Å². The minimum atomic E-state index is -4.54. The summed E-state index contributed by atoms with van der Waals surface area (Å²) in [6.07, 6.45) is -0.389. The van der Waals surface area contributed by atoms with Crippen LogP contribution >= 0.6 is 0 Å². The molecule has 3 saturated carbocycles. The lowest BCUT2D eigenvalue weighted by Gasteiger charge is -2.34. The molecule has 4 heterocycles. The van der Waals surface area contributed by atoms with Crippen LogP contribution in [0.25, 0.3) is 33.6 Å². The van der Waals surface area contributed by atoms with E-state index in [0.29, 0.717) is 46.0 Å². The maximum atomic E-state index is 14.5. The minimum absolute atomic E-state index is 0.0382. The zero-order valence-corrected chi connectivity index (χ0v) is 46.6. The van der Waals surface area contributed by atoms with E-state index in [1.54, 1.807) is 47.8 Å². The van der Waals surface area contributed by atoms with Crippen LogP contribution in [-0.4, -0.2) is 125 Å². The van der Waals surface area contributed by atoms with Gasteiger partial charge in [-0.25, -0.2) is 8.78 Å². The first-order chi connectivity index (χ1) is 41.8. The van der Waals surface area contributed by atoms with Crippen LogP contribution in [0.15, 0.2) is 116 Å². The van der Waals surface area contributed by atoms with E-state index in [2.05, 4.69) is 36.9 Å². The molecule has 24 heteroatoms. The molecule has 2 aromatic heterocycles. The Bertz CT molecular complexity index is 3710. The van der Waals surface area contributed by atoms with Gasteiger partial charge in [0.05, 0.1) is 64.0 Å². The van der Waals surface area contributed by atoms with Crippen LogP contribution in [0.5, 0.6) is 5.75 Å². The van der Waals surface area contributed by atoms with Crippen molar-refractivity contribution >= 4 is 52.3 Å². The number of hydrogen-bond acceptors (Lipinski definition) is 14. The summed E-state index contributed by atoms with van der Waals surface area (Å²) in [5.41, 5.74) is 7.13. The van der Waals surface area contributed by atoms with E-state index >= 15 is 0 Å². The highest BCUT2D eigenvalue weighted by Crippen LogP contribution is 2.37. The third-order valence-corrected chi connectivity index (χ3v) is 14.9. The molecule has 2 aliphatic heterocycles. The average Bonchev–Trinajstić information content (AvgIpc) is 2.69. The predicted octanol–water partition coefficient (Wildman–Crippen LogP) is 8.63. The van der Waals surface area contributed by atoms with Crippen LogP contribution in [0, 0.1) is 51.7 Å². The molecule has 6 N–H and O–H groups in total. The maximum absolute atomic E-state index is 14.5. The van der Waals surface area contributed by atoms with Crippen LogP contribution < -0.4 is 30.9 Å². The van der Waals surface area contributed by atoms with Crippen molar-refractivity contribution < 1.29 is 60.9 Å². The van der Waals surface area contributed by atoms with Gasteiger partial charge in [-0.3, -0.25) is 33.9 Å². The molecule has 11 rings (SSSR count). The summed E-state index contributed by atoms with van der Waals surface area (Å²) in [6, 6.07) is 35.0. The highest BCUT2D eigenvalue weighted by molar-refractivity contribution is 5.98. The van der Waals surface area contributed by atoms with E-state index in [4.69, 9.17) is 9.84 Å². The summed E-state index contributed by atoms with van der Waals surface area (Å²) in [6.45, 7) is -0.765. The second-order valence-electron chi connectivity index (χ2n) is 21.5. The summed E-state index contributed by atoms with van der Waals surface area (Å²) in [7, 11) is 0. The van der Waals surface area contributed by atoms with Crippen molar-refractivity contribution in [1.29, 1.82) is 15.8 Å². The number of β-amino-alcohol motifs (C(OH)–C–C–N with tert-alkyl or cyclic N) is 1. The second kappa shape index (κ2) is 27.5. The fraction of sp³-hybridized carbons (Fsp3) is 0.333. The standard InChI is InChI=1S/C23H22F2N4O4.C21H21N3O2.C19H15F3N4O2/c24-17-9-16(17)23(32)28-15-3-5-27-19(8-15)13-1-2-20(14(7-13)10-26)33-21-4-6-29(11-18(21)25)22(31)12-30;22-12-17-10-16(6-7-20(17)24-9-8-19(25)13-24)15-2-1-3-18(11-15)23-21(26)14-4-5-14;20-19(21,22)10-25-18(28)15-4-3-12(7-13(15)9-23)16-8-14(5-6-24-16)26-17(27)11-1-2-11/h1-3,5,7-8,16-18,21,30H,4,6,9,11-12H2,(H,27,28,32);1-3,6-7,10-11,14,19,25H,4-5,8-9,13H2,(H,23,26);3-8,11H,1-2,10H2,(H,25,28)(H,24,26,27)/t16-,17+,18+,21-;19-;/m00./s1. The molecule has 0 spiro atoms. The normalized spacial score (nSPS) is 19.2. The van der Waals surface area contributed by atoms with E-state index in [1.165, 1.54) is 35.5 Å². The predicted molar refractivity (Wildman–Crippen MR) is 309 cm³/mol. The fourth-order valence-corrected chi connectivity index (χ4v) is 9.66. The fourth-order valence-electron chi connectivity index (χ4n) is 9.66. The van der Waals surface area contributed by atoms with E-state index in [-0.39, 0.29) is 84.0 Å². The molecule has 0 bridgehead atoms. The number of aliphatic hydroxyl groups excluding tert-OH is 2. The van der Waals surface area contributed by atoms with Crippen molar-refractivity contribution in [3.05, 3.63) is 138 Å². The van der Waals surface area contributed by atoms with Gasteiger partial charge in [0.1, 0.15) is 43.3 Å². The minimum Gasteiger partial charge on any atom is -0.486 e. The summed E-state index contributed by atoms with van der Waals surface area (Å²) in [5.74, 6) is -2.08. The first-order valence-corrected chi connectivity index (χ1v) is 28.0. The Balaban J connectivity index is 0.000000157. The lowest BCUT2D eigenvalue weighted by Crippen LogP contribution is -2.50. The number of nitrogens with one attached hydrogen (secondary N) is 4. The van der Waals surface area contributed by atoms with Gasteiger partial charge in [-0.15, -0.1) is 0 Å². The van der Waals surface area contributed by atoms with Crippen molar-refractivity contribution in [1.82, 2.24) is 20.2 Å². The number of hydrogen-bond donors (Lipinski definition) is 6. The summed E-state index contributed by atoms with van der Waals surface area (Å²) < 4.78 is 70.2. The Morgan fingerprint density at radius 1 is 0.632 bits per heavy atom. The molecule has 5 aliphatic rings. The van der Waals surface area contributed by atoms with Gasteiger partial charge in [0.25, 0.3) is 5.91 Å². The monoisotopic (exact) mass is 1190 g/mol. The number of nitriles is 3. The SMILES string of the molecule is N#Cc1cc(-c2cc(NC(=O)C3CC3)ccn2)ccc1C(=O)NCC(F)(F)F.N#Cc1cc(-c2cc(NC(=O)[C@H]3C[C@H]3F)ccn2)ccc1O[C@H]1CCN(C(=O)CO)C[C@H]1F.N#Cc1cc(-c2cccc(NC(=O)C3CC3)c2)ccc1N1CC[C@H](O)C1. The summed E-state index contributed by atoms with van der Waals surface area (Å²) in [5, 5.41) is 57.3. The smallest absolute Gasteiger partial charge is 0.405 e. The van der Waals surface area contributed by atoms with Crippen LogP contribution in [0.2, 0.25) is 0 Å². The second-order valence-corrected chi connectivity index (χ2v) is 21.5. The van der Waals surface area contributed by atoms with Crippen molar-refractivity contribution in [3.8, 4) is 57.6 Å². The van der Waals surface area contributed by atoms with E-state index < -0.39 is 55.5 Å². The van der Waals surface area contributed by atoms with Crippen molar-refractivity contribution in [2.24, 2.45) is 17.8 Å². The van der Waals surface area contributed by atoms with E-state index in [1.807, 2.05) is 54.6 Å². The number of alkyl halides is 5. The maximum Gasteiger partial charge on any atom is 0.405 e. The molecule has 0 unspecified atom stereocenters. The topological polar surface area (TPSA) is 287 Å². The summed E-state index contributed by atoms with van der Waals surface area (Å²) >= 11 is 0. The lowest BCUT2D eigenvalue weighted by atomic mass is 10.0. The third kappa shape index (κ3) is 16.5. The first kappa shape index (κ1) is 61.7. The quantitative estimate of drug-likeness (QED) is 0.0525. The molecule has 19 nitrogen and oxygen atoms in total. The van der Waals surface area contributed by atoms with Gasteiger partial charge in [-0.2, -0.15) is 29.0 Å². The molecule has 87 heavy (non-hydrogen) atoms. The average molecular weight is 1190 g/mol. The molecule has 5 fully saturated rings. The Morgan fingerprint density at radius 2 is 1.20 bits per heavy atom. The van der Waals surface area contributed by atoms with Crippen LogP contribution in [-0.2, 0) is 19.2 Å². The van der Waals surface area contributed by atoms with Crippen molar-refractivity contribution in [2.75, 3.05) is 60.2 Å². The van der Waals surface area contributed by atoms with Gasteiger partial charge < -0.3 is 46.0 Å². The van der Waals surface area contributed by atoms with Gasteiger partial charge in [-0.05, 0) is 129 Å². The van der Waals surface area contributed by atoms with E-state index in [9.17, 15) is 66.8 Å². The highest BCUT2D eigenvalue weighted by atomic mass is 19.4. The largest absolute Gasteiger partial charge is 0.486 e. The van der Waals surface area contributed by atoms with Crippen LogP contribution in [0.1, 0.15) is 72.0 Å². The van der Waals surface area contributed by atoms with Crippen molar-refractivity contribution in [2.45, 2.75) is 75.7 Å². The van der Waals surface area contributed by atoms with Crippen LogP contribution in [0.3, 0.4) is 0 Å². The number of ether oxygens (including phenoxy) is 1. The summed E-state index contributed by atoms with van der Waals surface area (Å²) in [4.78, 5) is 71.1. The number of rotatable bonds is 15. The van der Waals surface area contributed by atoms with Gasteiger partial charge in [0.2, 0.25) is 23.6 Å². The number of amides is 5. The van der Waals surface area contributed by atoms with Gasteiger partial charge in [-0.1, -0.05) is 24.3 Å². The van der Waals surface area contributed by atoms with Crippen LogP contribution in [0.4, 0.5) is 44.7 Å². The molecule has 5 atom stereocenters. The molecule has 6 aromatic rings. The Kier molecular flexibility index (Phi) is 19.5. The number of carbonyl (C=O) groups excluding carboxylic acids is 5. The number of benzene rings is 4. The number of carbonyl (C=O) groups is 5.